The zero-order valence-electron chi connectivity index (χ0n) is 15.3. The van der Waals surface area contributed by atoms with Crippen LogP contribution in [0.2, 0.25) is 0 Å². The Morgan fingerprint density at radius 3 is 2.43 bits per heavy atom. The Labute approximate surface area is 139 Å². The molecule has 0 unspecified atom stereocenters. The number of carbonyl (C=O) groups is 2. The molecule has 6 heteroatoms. The van der Waals surface area contributed by atoms with Gasteiger partial charge in [0, 0.05) is 32.7 Å². The monoisotopic (exact) mass is 325 g/mol. The molecule has 0 aromatic heterocycles. The van der Waals surface area contributed by atoms with Gasteiger partial charge in [-0.2, -0.15) is 0 Å². The lowest BCUT2D eigenvalue weighted by molar-refractivity contribution is -0.130. The lowest BCUT2D eigenvalue weighted by atomic mass is 9.86. The number of likely N-dealkylation sites (tertiary alicyclic amines) is 1. The number of hydrogen-bond acceptors (Lipinski definition) is 4. The van der Waals surface area contributed by atoms with Crippen LogP contribution in [0.1, 0.15) is 47.0 Å². The molecule has 0 spiro atoms. The van der Waals surface area contributed by atoms with E-state index in [0.717, 1.165) is 25.8 Å². The maximum Gasteiger partial charge on any atom is 0.410 e. The van der Waals surface area contributed by atoms with E-state index in [1.807, 2.05) is 32.6 Å². The molecule has 1 aliphatic heterocycles. The number of likely N-dealkylation sites (N-methyl/N-ethyl adjacent to an activating group) is 1. The Bertz CT molecular complexity index is 458. The maximum atomic E-state index is 12.4. The Morgan fingerprint density at radius 2 is 1.87 bits per heavy atom. The highest BCUT2D eigenvalue weighted by Crippen LogP contribution is 2.36. The number of ether oxygens (including phenoxy) is 1. The Kier molecular flexibility index (Phi) is 5.23. The molecule has 132 valence electrons. The summed E-state index contributed by atoms with van der Waals surface area (Å²) in [5.74, 6) is 0.590. The van der Waals surface area contributed by atoms with Crippen molar-refractivity contribution in [3.8, 4) is 0 Å². The minimum Gasteiger partial charge on any atom is -0.444 e. The molecule has 2 amide bonds. The summed E-state index contributed by atoms with van der Waals surface area (Å²) in [5.41, 5.74) is -0.460. The molecule has 1 N–H and O–H groups in total. The van der Waals surface area contributed by atoms with Crippen molar-refractivity contribution in [2.75, 3.05) is 20.6 Å². The highest BCUT2D eigenvalue weighted by molar-refractivity contribution is 5.80. The van der Waals surface area contributed by atoms with Crippen LogP contribution in [0.25, 0.3) is 0 Å². The van der Waals surface area contributed by atoms with E-state index in [9.17, 15) is 9.59 Å². The van der Waals surface area contributed by atoms with Gasteiger partial charge in [-0.15, -0.1) is 0 Å². The average Bonchev–Trinajstić information content (AvgIpc) is 2.70. The van der Waals surface area contributed by atoms with E-state index < -0.39 is 5.60 Å². The van der Waals surface area contributed by atoms with Gasteiger partial charge in [0.05, 0.1) is 6.04 Å². The molecule has 0 aromatic carbocycles. The highest BCUT2D eigenvalue weighted by atomic mass is 16.6. The standard InChI is InChI=1S/C17H31N3O3/c1-11(15(21)19(5)6)18-13-7-12-8-14(9-13)20(10-12)16(22)23-17(2,3)4/h11-14,18H,7-10H2,1-6H3/t11-,12-,13+,14-/m0/s1. The van der Waals surface area contributed by atoms with Gasteiger partial charge in [0.2, 0.25) is 5.91 Å². The van der Waals surface area contributed by atoms with Crippen LogP contribution in [-0.4, -0.2) is 66.2 Å². The van der Waals surface area contributed by atoms with Crippen molar-refractivity contribution in [2.45, 2.75) is 70.7 Å². The van der Waals surface area contributed by atoms with Crippen LogP contribution in [0.5, 0.6) is 0 Å². The van der Waals surface area contributed by atoms with Crippen molar-refractivity contribution >= 4 is 12.0 Å². The van der Waals surface area contributed by atoms with Crippen LogP contribution in [0, 0.1) is 5.92 Å². The van der Waals surface area contributed by atoms with Gasteiger partial charge in [-0.1, -0.05) is 0 Å². The van der Waals surface area contributed by atoms with E-state index in [-0.39, 0.29) is 30.1 Å². The summed E-state index contributed by atoms with van der Waals surface area (Å²) >= 11 is 0. The van der Waals surface area contributed by atoms with Gasteiger partial charge in [0.25, 0.3) is 0 Å². The second-order valence-electron chi connectivity index (χ2n) is 8.18. The number of nitrogens with zero attached hydrogens (tertiary/aromatic N) is 2. The van der Waals surface area contributed by atoms with Crippen LogP contribution in [-0.2, 0) is 9.53 Å². The predicted molar refractivity (Wildman–Crippen MR) is 89.1 cm³/mol. The molecule has 2 aliphatic rings. The third-order valence-corrected chi connectivity index (χ3v) is 4.60. The molecular weight excluding hydrogens is 294 g/mol. The largest absolute Gasteiger partial charge is 0.444 e. The van der Waals surface area contributed by atoms with Gasteiger partial charge < -0.3 is 19.9 Å². The van der Waals surface area contributed by atoms with E-state index in [2.05, 4.69) is 5.32 Å². The van der Waals surface area contributed by atoms with E-state index in [1.165, 1.54) is 0 Å². The van der Waals surface area contributed by atoms with Gasteiger partial charge in [-0.25, -0.2) is 4.79 Å². The molecular formula is C17H31N3O3. The number of amides is 2. The lowest BCUT2D eigenvalue weighted by Crippen LogP contribution is -2.49. The van der Waals surface area contributed by atoms with E-state index in [4.69, 9.17) is 4.74 Å². The number of fused-ring (bicyclic) bond motifs is 2. The first-order valence-corrected chi connectivity index (χ1v) is 8.53. The van der Waals surface area contributed by atoms with Crippen molar-refractivity contribution < 1.29 is 14.3 Å². The Hall–Kier alpha value is -1.30. The number of hydrogen-bond donors (Lipinski definition) is 1. The first-order valence-electron chi connectivity index (χ1n) is 8.53. The molecule has 1 saturated heterocycles. The molecule has 4 atom stereocenters. The zero-order valence-corrected chi connectivity index (χ0v) is 15.3. The normalized spacial score (nSPS) is 28.4. The van der Waals surface area contributed by atoms with Crippen molar-refractivity contribution in [3.05, 3.63) is 0 Å². The summed E-state index contributed by atoms with van der Waals surface area (Å²) in [7, 11) is 3.55. The minimum atomic E-state index is -0.460. The Balaban J connectivity index is 1.92. The maximum absolute atomic E-state index is 12.4. The molecule has 23 heavy (non-hydrogen) atoms. The van der Waals surface area contributed by atoms with E-state index in [1.54, 1.807) is 19.0 Å². The topological polar surface area (TPSA) is 61.9 Å². The second kappa shape index (κ2) is 6.67. The summed E-state index contributed by atoms with van der Waals surface area (Å²) in [6.07, 6.45) is 2.75. The molecule has 6 nitrogen and oxygen atoms in total. The molecule has 2 fully saturated rings. The van der Waals surface area contributed by atoms with E-state index >= 15 is 0 Å². The average molecular weight is 325 g/mol. The SMILES string of the molecule is C[C@H](N[C@@H]1C[C@H]2C[C@@H](C1)N(C(=O)OC(C)(C)C)C2)C(=O)N(C)C. The summed E-state index contributed by atoms with van der Waals surface area (Å²) in [4.78, 5) is 27.9. The van der Waals surface area contributed by atoms with Gasteiger partial charge in [-0.05, 0) is 52.9 Å². The van der Waals surface area contributed by atoms with Gasteiger partial charge in [0.1, 0.15) is 5.60 Å². The van der Waals surface area contributed by atoms with Crippen LogP contribution >= 0.6 is 0 Å². The Morgan fingerprint density at radius 1 is 1.22 bits per heavy atom. The lowest BCUT2D eigenvalue weighted by Gasteiger charge is -2.32. The molecule has 2 bridgehead atoms. The molecule has 1 aliphatic carbocycles. The highest BCUT2D eigenvalue weighted by Gasteiger charge is 2.43. The first kappa shape index (κ1) is 18.0. The summed E-state index contributed by atoms with van der Waals surface area (Å²) in [6.45, 7) is 8.36. The van der Waals surface area contributed by atoms with Crippen molar-refractivity contribution in [2.24, 2.45) is 5.92 Å². The van der Waals surface area contributed by atoms with Gasteiger partial charge in [0.15, 0.2) is 0 Å². The van der Waals surface area contributed by atoms with Crippen LogP contribution < -0.4 is 5.32 Å². The molecule has 0 radical (unpaired) electrons. The summed E-state index contributed by atoms with van der Waals surface area (Å²) < 4.78 is 5.52. The molecule has 1 heterocycles. The third-order valence-electron chi connectivity index (χ3n) is 4.60. The quantitative estimate of drug-likeness (QED) is 0.860. The fourth-order valence-corrected chi connectivity index (χ4v) is 3.73. The molecule has 0 aromatic rings. The van der Waals surface area contributed by atoms with Crippen molar-refractivity contribution in [1.82, 2.24) is 15.1 Å². The summed E-state index contributed by atoms with van der Waals surface area (Å²) in [6, 6.07) is 0.315. The van der Waals surface area contributed by atoms with Crippen LogP contribution in [0.3, 0.4) is 0 Å². The van der Waals surface area contributed by atoms with Gasteiger partial charge in [-0.3, -0.25) is 4.79 Å². The van der Waals surface area contributed by atoms with Gasteiger partial charge >= 0.3 is 6.09 Å². The number of nitrogens with one attached hydrogen (secondary N) is 1. The third kappa shape index (κ3) is 4.59. The summed E-state index contributed by atoms with van der Waals surface area (Å²) in [5, 5.41) is 3.44. The van der Waals surface area contributed by atoms with Crippen molar-refractivity contribution in [1.29, 1.82) is 0 Å². The predicted octanol–water partition coefficient (Wildman–Crippen LogP) is 1.84. The second-order valence-corrected chi connectivity index (χ2v) is 8.18. The number of carbonyl (C=O) groups excluding carboxylic acids is 2. The zero-order chi connectivity index (χ0) is 17.4. The first-order chi connectivity index (χ1) is 10.6. The van der Waals surface area contributed by atoms with E-state index in [0.29, 0.717) is 5.92 Å². The molecule has 1 saturated carbocycles. The fourth-order valence-electron chi connectivity index (χ4n) is 3.73. The van der Waals surface area contributed by atoms with Crippen LogP contribution in [0.15, 0.2) is 0 Å². The van der Waals surface area contributed by atoms with Crippen LogP contribution in [0.4, 0.5) is 4.79 Å². The molecule has 2 rings (SSSR count). The fraction of sp³-hybridized carbons (Fsp3) is 0.882. The van der Waals surface area contributed by atoms with Crippen molar-refractivity contribution in [3.63, 3.8) is 0 Å². The number of rotatable bonds is 3. The minimum absolute atomic E-state index is 0.0897. The smallest absolute Gasteiger partial charge is 0.410 e.